The van der Waals surface area contributed by atoms with Gasteiger partial charge in [-0.25, -0.2) is 0 Å². The molecule has 0 unspecified atom stereocenters. The minimum atomic E-state index is -0.233. The fraction of sp³-hybridized carbons (Fsp3) is 0.350. The number of rotatable bonds is 5. The maximum absolute atomic E-state index is 12.1. The molecule has 1 aliphatic rings. The summed E-state index contributed by atoms with van der Waals surface area (Å²) in [6, 6.07) is 13.3. The third-order valence-corrected chi connectivity index (χ3v) is 3.64. The minimum absolute atomic E-state index is 0.0258. The van der Waals surface area contributed by atoms with Crippen LogP contribution in [0.4, 0.5) is 0 Å². The van der Waals surface area contributed by atoms with Gasteiger partial charge in [-0.05, 0) is 56.2 Å². The molecule has 0 saturated carbocycles. The Balaban J connectivity index is 1.50. The van der Waals surface area contributed by atoms with Crippen molar-refractivity contribution in [3.63, 3.8) is 0 Å². The molecular formula is C20H23NO4. The average molecular weight is 341 g/mol. The maximum atomic E-state index is 12.1. The summed E-state index contributed by atoms with van der Waals surface area (Å²) in [6.45, 7) is 6.72. The Hall–Kier alpha value is -2.69. The van der Waals surface area contributed by atoms with E-state index in [9.17, 15) is 4.79 Å². The van der Waals surface area contributed by atoms with Crippen LogP contribution in [-0.4, -0.2) is 18.3 Å². The van der Waals surface area contributed by atoms with Crippen molar-refractivity contribution in [3.8, 4) is 17.2 Å². The quantitative estimate of drug-likeness (QED) is 0.905. The summed E-state index contributed by atoms with van der Waals surface area (Å²) in [5, 5.41) is 2.92. The van der Waals surface area contributed by atoms with Crippen molar-refractivity contribution in [3.05, 3.63) is 53.6 Å². The standard InChI is InChI=1S/C20H23NO4/c1-20(2,3)25-16-7-4-14(5-8-16)11-19(22)21-12-15-6-9-17-18(10-15)24-13-23-17/h4-10H,11-13H2,1-3H3,(H,21,22). The van der Waals surface area contributed by atoms with Crippen LogP contribution >= 0.6 is 0 Å². The predicted molar refractivity (Wildman–Crippen MR) is 94.9 cm³/mol. The SMILES string of the molecule is CC(C)(C)Oc1ccc(CC(=O)NCc2ccc3c(c2)OCO3)cc1. The van der Waals surface area contributed by atoms with Gasteiger partial charge < -0.3 is 19.5 Å². The van der Waals surface area contributed by atoms with E-state index in [1.807, 2.05) is 63.2 Å². The summed E-state index contributed by atoms with van der Waals surface area (Å²) in [5.41, 5.74) is 1.69. The van der Waals surface area contributed by atoms with E-state index in [-0.39, 0.29) is 18.3 Å². The number of amides is 1. The molecule has 1 aliphatic heterocycles. The number of benzene rings is 2. The molecule has 5 nitrogen and oxygen atoms in total. The number of hydrogen-bond acceptors (Lipinski definition) is 4. The first-order valence-corrected chi connectivity index (χ1v) is 8.32. The molecule has 1 N–H and O–H groups in total. The Bertz CT molecular complexity index is 747. The van der Waals surface area contributed by atoms with Crippen molar-refractivity contribution in [2.75, 3.05) is 6.79 Å². The zero-order valence-electron chi connectivity index (χ0n) is 14.8. The number of nitrogens with one attached hydrogen (secondary N) is 1. The highest BCUT2D eigenvalue weighted by molar-refractivity contribution is 5.78. The van der Waals surface area contributed by atoms with Gasteiger partial charge in [0.25, 0.3) is 0 Å². The van der Waals surface area contributed by atoms with Crippen LogP contribution in [0.3, 0.4) is 0 Å². The van der Waals surface area contributed by atoms with Crippen molar-refractivity contribution in [1.29, 1.82) is 0 Å². The van der Waals surface area contributed by atoms with E-state index in [2.05, 4.69) is 5.32 Å². The van der Waals surface area contributed by atoms with Gasteiger partial charge in [-0.2, -0.15) is 0 Å². The fourth-order valence-electron chi connectivity index (χ4n) is 2.53. The molecule has 0 bridgehead atoms. The van der Waals surface area contributed by atoms with Gasteiger partial charge in [0.15, 0.2) is 11.5 Å². The summed E-state index contributed by atoms with van der Waals surface area (Å²) in [6.07, 6.45) is 0.334. The molecular weight excluding hydrogens is 318 g/mol. The lowest BCUT2D eigenvalue weighted by molar-refractivity contribution is -0.120. The molecule has 0 aliphatic carbocycles. The first-order chi connectivity index (χ1) is 11.9. The lowest BCUT2D eigenvalue weighted by Gasteiger charge is -2.21. The van der Waals surface area contributed by atoms with E-state index >= 15 is 0 Å². The lowest BCUT2D eigenvalue weighted by Crippen LogP contribution is -2.24. The van der Waals surface area contributed by atoms with Crippen LogP contribution in [0.5, 0.6) is 17.2 Å². The normalized spacial score (nSPS) is 12.8. The molecule has 1 amide bonds. The molecule has 2 aromatic carbocycles. The summed E-state index contributed by atoms with van der Waals surface area (Å²) >= 11 is 0. The molecule has 0 radical (unpaired) electrons. The van der Waals surface area contributed by atoms with Crippen molar-refractivity contribution < 1.29 is 19.0 Å². The van der Waals surface area contributed by atoms with Gasteiger partial charge in [-0.1, -0.05) is 18.2 Å². The van der Waals surface area contributed by atoms with Gasteiger partial charge in [-0.3, -0.25) is 4.79 Å². The summed E-state index contributed by atoms with van der Waals surface area (Å²) in [7, 11) is 0. The van der Waals surface area contributed by atoms with Crippen LogP contribution < -0.4 is 19.5 Å². The second-order valence-corrected chi connectivity index (χ2v) is 7.00. The van der Waals surface area contributed by atoms with Gasteiger partial charge >= 0.3 is 0 Å². The third-order valence-electron chi connectivity index (χ3n) is 3.64. The average Bonchev–Trinajstić information content (AvgIpc) is 3.01. The van der Waals surface area contributed by atoms with Crippen LogP contribution in [0.2, 0.25) is 0 Å². The van der Waals surface area contributed by atoms with E-state index in [0.29, 0.717) is 13.0 Å². The Morgan fingerprint density at radius 2 is 1.72 bits per heavy atom. The monoisotopic (exact) mass is 341 g/mol. The van der Waals surface area contributed by atoms with Crippen molar-refractivity contribution in [1.82, 2.24) is 5.32 Å². The second-order valence-electron chi connectivity index (χ2n) is 7.00. The molecule has 5 heteroatoms. The van der Waals surface area contributed by atoms with E-state index in [1.165, 1.54) is 0 Å². The smallest absolute Gasteiger partial charge is 0.231 e. The molecule has 0 spiro atoms. The molecule has 0 fully saturated rings. The van der Waals surface area contributed by atoms with E-state index < -0.39 is 0 Å². The number of hydrogen-bond donors (Lipinski definition) is 1. The third kappa shape index (κ3) is 4.89. The van der Waals surface area contributed by atoms with E-state index in [0.717, 1.165) is 28.4 Å². The Kier molecular flexibility index (Phi) is 4.83. The van der Waals surface area contributed by atoms with Crippen LogP contribution in [-0.2, 0) is 17.8 Å². The largest absolute Gasteiger partial charge is 0.488 e. The highest BCUT2D eigenvalue weighted by Crippen LogP contribution is 2.32. The van der Waals surface area contributed by atoms with Gasteiger partial charge in [0.05, 0.1) is 6.42 Å². The van der Waals surface area contributed by atoms with Gasteiger partial charge in [0.1, 0.15) is 11.4 Å². The summed E-state index contributed by atoms with van der Waals surface area (Å²) in [4.78, 5) is 12.1. The Morgan fingerprint density at radius 3 is 2.44 bits per heavy atom. The molecule has 0 aromatic heterocycles. The van der Waals surface area contributed by atoms with Crippen molar-refractivity contribution >= 4 is 5.91 Å². The highest BCUT2D eigenvalue weighted by atomic mass is 16.7. The number of fused-ring (bicyclic) bond motifs is 1. The zero-order chi connectivity index (χ0) is 17.9. The van der Waals surface area contributed by atoms with Gasteiger partial charge in [0.2, 0.25) is 12.7 Å². The number of ether oxygens (including phenoxy) is 3. The zero-order valence-corrected chi connectivity index (χ0v) is 14.8. The van der Waals surface area contributed by atoms with Gasteiger partial charge in [0, 0.05) is 6.54 Å². The molecule has 132 valence electrons. The topological polar surface area (TPSA) is 56.8 Å². The van der Waals surface area contributed by atoms with Crippen LogP contribution in [0.1, 0.15) is 31.9 Å². The molecule has 0 atom stereocenters. The van der Waals surface area contributed by atoms with Crippen molar-refractivity contribution in [2.45, 2.75) is 39.3 Å². The summed E-state index contributed by atoms with van der Waals surface area (Å²) < 4.78 is 16.4. The Labute approximate surface area is 147 Å². The first kappa shape index (κ1) is 17.1. The Morgan fingerprint density at radius 1 is 1.04 bits per heavy atom. The minimum Gasteiger partial charge on any atom is -0.488 e. The van der Waals surface area contributed by atoms with E-state index in [4.69, 9.17) is 14.2 Å². The molecule has 25 heavy (non-hydrogen) atoms. The highest BCUT2D eigenvalue weighted by Gasteiger charge is 2.14. The fourth-order valence-corrected chi connectivity index (χ4v) is 2.53. The van der Waals surface area contributed by atoms with Crippen LogP contribution in [0, 0.1) is 0 Å². The first-order valence-electron chi connectivity index (χ1n) is 8.32. The number of carbonyl (C=O) groups excluding carboxylic acids is 1. The second kappa shape index (κ2) is 7.05. The van der Waals surface area contributed by atoms with Gasteiger partial charge in [-0.15, -0.1) is 0 Å². The van der Waals surface area contributed by atoms with Crippen molar-refractivity contribution in [2.24, 2.45) is 0 Å². The lowest BCUT2D eigenvalue weighted by atomic mass is 10.1. The molecule has 2 aromatic rings. The molecule has 0 saturated heterocycles. The summed E-state index contributed by atoms with van der Waals surface area (Å²) in [5.74, 6) is 2.24. The van der Waals surface area contributed by atoms with Crippen LogP contribution in [0.15, 0.2) is 42.5 Å². The molecule has 1 heterocycles. The molecule has 3 rings (SSSR count). The number of carbonyl (C=O) groups is 1. The maximum Gasteiger partial charge on any atom is 0.231 e. The van der Waals surface area contributed by atoms with E-state index in [1.54, 1.807) is 0 Å². The predicted octanol–water partition coefficient (Wildman–Crippen LogP) is 3.45. The van der Waals surface area contributed by atoms with Crippen LogP contribution in [0.25, 0.3) is 0 Å².